The van der Waals surface area contributed by atoms with Gasteiger partial charge in [0.15, 0.2) is 0 Å². The van der Waals surface area contributed by atoms with E-state index in [1.54, 1.807) is 14.0 Å². The van der Waals surface area contributed by atoms with Gasteiger partial charge in [-0.05, 0) is 43.5 Å². The van der Waals surface area contributed by atoms with Gasteiger partial charge in [-0.15, -0.1) is 0 Å². The van der Waals surface area contributed by atoms with Crippen molar-refractivity contribution in [3.63, 3.8) is 0 Å². The van der Waals surface area contributed by atoms with Gasteiger partial charge in [0.05, 0.1) is 23.9 Å². The maximum Gasteiger partial charge on any atom is 0.339 e. The molecule has 0 radical (unpaired) electrons. The predicted molar refractivity (Wildman–Crippen MR) is 94.8 cm³/mol. The van der Waals surface area contributed by atoms with Crippen LogP contribution in [0.15, 0.2) is 27.4 Å². The molecular formula is C19H22N2O3. The van der Waals surface area contributed by atoms with Crippen molar-refractivity contribution in [1.82, 2.24) is 9.78 Å². The predicted octanol–water partition coefficient (Wildman–Crippen LogP) is 3.94. The molecule has 3 aromatic rings. The first-order valence-electron chi connectivity index (χ1n) is 7.99. The van der Waals surface area contributed by atoms with Gasteiger partial charge in [-0.2, -0.15) is 5.10 Å². The van der Waals surface area contributed by atoms with Crippen molar-refractivity contribution in [2.45, 2.75) is 33.6 Å². The standard InChI is InChI=1S/C19H22N2O3/c1-10(2)14-9-15(21(5)20-14)13-7-16(23-6)18-11(3)12(4)19(22)24-17(18)8-13/h7-10H,1-6H3. The Morgan fingerprint density at radius 2 is 1.88 bits per heavy atom. The van der Waals surface area contributed by atoms with Gasteiger partial charge in [-0.1, -0.05) is 13.8 Å². The molecule has 0 fully saturated rings. The molecule has 126 valence electrons. The summed E-state index contributed by atoms with van der Waals surface area (Å²) < 4.78 is 12.9. The summed E-state index contributed by atoms with van der Waals surface area (Å²) in [6.07, 6.45) is 0. The van der Waals surface area contributed by atoms with Gasteiger partial charge in [-0.3, -0.25) is 4.68 Å². The Balaban J connectivity index is 2.31. The minimum Gasteiger partial charge on any atom is -0.496 e. The lowest BCUT2D eigenvalue weighted by Gasteiger charge is -2.11. The van der Waals surface area contributed by atoms with Crippen molar-refractivity contribution in [2.24, 2.45) is 7.05 Å². The number of fused-ring (bicyclic) bond motifs is 1. The Kier molecular flexibility index (Phi) is 3.95. The van der Waals surface area contributed by atoms with Crippen molar-refractivity contribution in [3.05, 3.63) is 45.4 Å². The van der Waals surface area contributed by atoms with Crippen molar-refractivity contribution >= 4 is 11.0 Å². The van der Waals surface area contributed by atoms with Crippen molar-refractivity contribution < 1.29 is 9.15 Å². The van der Waals surface area contributed by atoms with Crippen LogP contribution in [0.4, 0.5) is 0 Å². The summed E-state index contributed by atoms with van der Waals surface area (Å²) in [5, 5.41) is 5.39. The molecule has 24 heavy (non-hydrogen) atoms. The number of nitrogens with zero attached hydrogens (tertiary/aromatic N) is 2. The number of hydrogen-bond acceptors (Lipinski definition) is 4. The van der Waals surface area contributed by atoms with Crippen LogP contribution in [-0.4, -0.2) is 16.9 Å². The Bertz CT molecular complexity index is 980. The van der Waals surface area contributed by atoms with Gasteiger partial charge < -0.3 is 9.15 Å². The fraction of sp³-hybridized carbons (Fsp3) is 0.368. The van der Waals surface area contributed by atoms with E-state index in [2.05, 4.69) is 25.0 Å². The Hall–Kier alpha value is -2.56. The Morgan fingerprint density at radius 3 is 2.46 bits per heavy atom. The van der Waals surface area contributed by atoms with Gasteiger partial charge in [0.2, 0.25) is 0 Å². The number of benzene rings is 1. The van der Waals surface area contributed by atoms with Gasteiger partial charge in [0, 0.05) is 18.2 Å². The van der Waals surface area contributed by atoms with E-state index in [1.165, 1.54) is 0 Å². The maximum absolute atomic E-state index is 12.0. The lowest BCUT2D eigenvalue weighted by molar-refractivity contribution is 0.418. The highest BCUT2D eigenvalue weighted by Crippen LogP contribution is 2.35. The zero-order valence-electron chi connectivity index (χ0n) is 14.9. The third-order valence-corrected chi connectivity index (χ3v) is 4.52. The molecule has 0 bridgehead atoms. The van der Waals surface area contributed by atoms with Crippen LogP contribution < -0.4 is 10.4 Å². The largest absolute Gasteiger partial charge is 0.496 e. The van der Waals surface area contributed by atoms with Crippen LogP contribution in [0.3, 0.4) is 0 Å². The molecule has 0 aliphatic rings. The molecule has 0 aliphatic heterocycles. The molecule has 0 amide bonds. The molecule has 0 spiro atoms. The topological polar surface area (TPSA) is 57.3 Å². The highest BCUT2D eigenvalue weighted by Gasteiger charge is 2.17. The minimum absolute atomic E-state index is 0.313. The highest BCUT2D eigenvalue weighted by atomic mass is 16.5. The molecule has 5 nitrogen and oxygen atoms in total. The smallest absolute Gasteiger partial charge is 0.339 e. The van der Waals surface area contributed by atoms with Gasteiger partial charge in [-0.25, -0.2) is 4.79 Å². The fourth-order valence-electron chi connectivity index (χ4n) is 2.91. The summed E-state index contributed by atoms with van der Waals surface area (Å²) in [6.45, 7) is 7.90. The van der Waals surface area contributed by atoms with Gasteiger partial charge in [0.25, 0.3) is 0 Å². The molecule has 3 rings (SSSR count). The maximum atomic E-state index is 12.0. The molecule has 2 heterocycles. The SMILES string of the molecule is COc1cc(-c2cc(C(C)C)nn2C)cc2oc(=O)c(C)c(C)c12. The van der Waals surface area contributed by atoms with Crippen molar-refractivity contribution in [3.8, 4) is 17.0 Å². The second kappa shape index (κ2) is 5.82. The van der Waals surface area contributed by atoms with Crippen LogP contribution in [0.25, 0.3) is 22.2 Å². The summed E-state index contributed by atoms with van der Waals surface area (Å²) in [5.41, 5.74) is 4.60. The molecule has 0 saturated heterocycles. The molecule has 5 heteroatoms. The molecule has 1 aromatic carbocycles. The zero-order chi connectivity index (χ0) is 17.6. The van der Waals surface area contributed by atoms with E-state index in [-0.39, 0.29) is 5.63 Å². The molecule has 0 unspecified atom stereocenters. The van der Waals surface area contributed by atoms with Crippen LogP contribution >= 0.6 is 0 Å². The highest BCUT2D eigenvalue weighted by molar-refractivity contribution is 5.91. The molecule has 2 aromatic heterocycles. The number of aryl methyl sites for hydroxylation is 2. The normalized spacial score (nSPS) is 11.5. The monoisotopic (exact) mass is 326 g/mol. The number of ether oxygens (including phenoxy) is 1. The quantitative estimate of drug-likeness (QED) is 0.684. The third-order valence-electron chi connectivity index (χ3n) is 4.52. The lowest BCUT2D eigenvalue weighted by Crippen LogP contribution is -2.06. The Morgan fingerprint density at radius 1 is 1.17 bits per heavy atom. The van der Waals surface area contributed by atoms with E-state index in [4.69, 9.17) is 9.15 Å². The van der Waals surface area contributed by atoms with Gasteiger partial charge in [0.1, 0.15) is 11.3 Å². The van der Waals surface area contributed by atoms with E-state index in [1.807, 2.05) is 30.8 Å². The first-order valence-corrected chi connectivity index (χ1v) is 7.99. The zero-order valence-corrected chi connectivity index (χ0v) is 14.9. The number of hydrogen-bond donors (Lipinski definition) is 0. The summed E-state index contributed by atoms with van der Waals surface area (Å²) in [7, 11) is 3.54. The van der Waals surface area contributed by atoms with Crippen LogP contribution in [0.1, 0.15) is 36.6 Å². The van der Waals surface area contributed by atoms with E-state index in [9.17, 15) is 4.79 Å². The summed E-state index contributed by atoms with van der Waals surface area (Å²) >= 11 is 0. The summed E-state index contributed by atoms with van der Waals surface area (Å²) in [4.78, 5) is 12.0. The molecule has 0 saturated carbocycles. The van der Waals surface area contributed by atoms with Crippen LogP contribution in [0.2, 0.25) is 0 Å². The molecule has 0 aliphatic carbocycles. The van der Waals surface area contributed by atoms with Crippen molar-refractivity contribution in [2.75, 3.05) is 7.11 Å². The van der Waals surface area contributed by atoms with Gasteiger partial charge >= 0.3 is 5.63 Å². The molecular weight excluding hydrogens is 304 g/mol. The number of aromatic nitrogens is 2. The second-order valence-electron chi connectivity index (χ2n) is 6.42. The van der Waals surface area contributed by atoms with Crippen molar-refractivity contribution in [1.29, 1.82) is 0 Å². The molecule has 0 atom stereocenters. The van der Waals surface area contributed by atoms with Crippen LogP contribution in [-0.2, 0) is 7.05 Å². The average molecular weight is 326 g/mol. The first kappa shape index (κ1) is 16.3. The Labute approximate surface area is 140 Å². The van der Waals surface area contributed by atoms with E-state index in [0.29, 0.717) is 22.8 Å². The number of methoxy groups -OCH3 is 1. The summed E-state index contributed by atoms with van der Waals surface area (Å²) in [5.74, 6) is 1.04. The fourth-order valence-corrected chi connectivity index (χ4v) is 2.91. The minimum atomic E-state index is -0.313. The number of rotatable bonds is 3. The summed E-state index contributed by atoms with van der Waals surface area (Å²) in [6, 6.07) is 5.91. The molecule has 0 N–H and O–H groups in total. The van der Waals surface area contributed by atoms with E-state index in [0.717, 1.165) is 27.9 Å². The van der Waals surface area contributed by atoms with E-state index >= 15 is 0 Å². The first-order chi connectivity index (χ1) is 11.3. The second-order valence-corrected chi connectivity index (χ2v) is 6.42. The van der Waals surface area contributed by atoms with E-state index < -0.39 is 0 Å². The lowest BCUT2D eigenvalue weighted by atomic mass is 10.0. The third kappa shape index (κ3) is 2.50. The average Bonchev–Trinajstić information content (AvgIpc) is 2.93. The van der Waals surface area contributed by atoms with Crippen LogP contribution in [0.5, 0.6) is 5.75 Å². The van der Waals surface area contributed by atoms with Crippen LogP contribution in [0, 0.1) is 13.8 Å².